The van der Waals surface area contributed by atoms with Gasteiger partial charge in [-0.05, 0) is 29.6 Å². The number of aromatic nitrogens is 2. The van der Waals surface area contributed by atoms with E-state index in [4.69, 9.17) is 11.6 Å². The lowest BCUT2D eigenvalue weighted by molar-refractivity contribution is -0.127. The van der Waals surface area contributed by atoms with E-state index in [9.17, 15) is 4.79 Å². The highest BCUT2D eigenvalue weighted by molar-refractivity contribution is 7.99. The lowest BCUT2D eigenvalue weighted by Crippen LogP contribution is -2.27. The maximum Gasteiger partial charge on any atom is 0.233 e. The van der Waals surface area contributed by atoms with E-state index in [-0.39, 0.29) is 5.91 Å². The largest absolute Gasteiger partial charge is 0.340 e. The van der Waals surface area contributed by atoms with E-state index < -0.39 is 0 Å². The third-order valence-corrected chi connectivity index (χ3v) is 5.11. The van der Waals surface area contributed by atoms with Gasteiger partial charge in [-0.25, -0.2) is 4.98 Å². The van der Waals surface area contributed by atoms with Gasteiger partial charge < -0.3 is 9.88 Å². The van der Waals surface area contributed by atoms with Crippen LogP contribution in [0.2, 0.25) is 5.02 Å². The van der Waals surface area contributed by atoms with Gasteiger partial charge in [0.15, 0.2) is 5.16 Å². The van der Waals surface area contributed by atoms with Crippen LogP contribution in [0.4, 0.5) is 0 Å². The molecule has 0 spiro atoms. The van der Waals surface area contributed by atoms with Crippen LogP contribution in [0, 0.1) is 0 Å². The third-order valence-electron chi connectivity index (χ3n) is 3.15. The summed E-state index contributed by atoms with van der Waals surface area (Å²) in [5.74, 6) is 0.437. The van der Waals surface area contributed by atoms with E-state index in [0.29, 0.717) is 17.3 Å². The number of hydrogen-bond acceptors (Lipinski definition) is 4. The Morgan fingerprint density at radius 2 is 2.32 bits per heavy atom. The van der Waals surface area contributed by atoms with Crippen molar-refractivity contribution in [1.82, 2.24) is 14.9 Å². The Labute approximate surface area is 141 Å². The summed E-state index contributed by atoms with van der Waals surface area (Å²) in [6, 6.07) is 9.53. The molecule has 1 N–H and O–H groups in total. The number of thiophene rings is 1. The van der Waals surface area contributed by atoms with Crippen LogP contribution >= 0.6 is 34.7 Å². The number of carbonyl (C=O) groups is 1. The number of fused-ring (bicyclic) bond motifs is 1. The number of rotatable bonds is 5. The van der Waals surface area contributed by atoms with Crippen molar-refractivity contribution in [3.63, 3.8) is 0 Å². The fourth-order valence-electron chi connectivity index (χ4n) is 1.99. The highest BCUT2D eigenvalue weighted by atomic mass is 35.5. The van der Waals surface area contributed by atoms with Crippen LogP contribution in [-0.2, 0) is 11.3 Å². The van der Waals surface area contributed by atoms with E-state index in [0.717, 1.165) is 16.2 Å². The second kappa shape index (κ2) is 6.73. The Kier molecular flexibility index (Phi) is 4.71. The van der Waals surface area contributed by atoms with Crippen molar-refractivity contribution in [3.05, 3.63) is 45.6 Å². The third kappa shape index (κ3) is 3.63. The molecule has 0 bridgehead atoms. The van der Waals surface area contributed by atoms with E-state index >= 15 is 0 Å². The molecule has 0 aliphatic rings. The summed E-state index contributed by atoms with van der Waals surface area (Å²) in [6.07, 6.45) is 0. The fourth-order valence-corrected chi connectivity index (χ4v) is 3.75. The number of thioether (sulfide) groups is 1. The summed E-state index contributed by atoms with van der Waals surface area (Å²) in [5.41, 5.74) is 1.74. The van der Waals surface area contributed by atoms with Crippen molar-refractivity contribution < 1.29 is 4.79 Å². The molecular weight excluding hydrogens is 338 g/mol. The summed E-state index contributed by atoms with van der Waals surface area (Å²) in [6.45, 7) is 0.646. The van der Waals surface area contributed by atoms with Crippen LogP contribution < -0.4 is 0 Å². The number of carbonyl (C=O) groups excluding carboxylic acids is 1. The van der Waals surface area contributed by atoms with E-state index in [1.165, 1.54) is 16.6 Å². The predicted octanol–water partition coefficient (Wildman–Crippen LogP) is 4.03. The zero-order valence-corrected chi connectivity index (χ0v) is 14.3. The van der Waals surface area contributed by atoms with Gasteiger partial charge in [0.2, 0.25) is 5.91 Å². The number of halogens is 1. The molecule has 7 heteroatoms. The van der Waals surface area contributed by atoms with Crippen molar-refractivity contribution in [2.45, 2.75) is 11.7 Å². The molecule has 1 amide bonds. The van der Waals surface area contributed by atoms with Crippen LogP contribution in [0.3, 0.4) is 0 Å². The minimum atomic E-state index is 0.0805. The quantitative estimate of drug-likeness (QED) is 0.706. The van der Waals surface area contributed by atoms with Crippen molar-refractivity contribution in [3.8, 4) is 0 Å². The van der Waals surface area contributed by atoms with Gasteiger partial charge in [-0.1, -0.05) is 29.4 Å². The first kappa shape index (κ1) is 15.4. The normalized spacial score (nSPS) is 11.0. The average Bonchev–Trinajstić information content (AvgIpc) is 3.13. The van der Waals surface area contributed by atoms with Gasteiger partial charge in [0.1, 0.15) is 0 Å². The van der Waals surface area contributed by atoms with Crippen molar-refractivity contribution in [2.24, 2.45) is 0 Å². The molecule has 2 aromatic heterocycles. The Morgan fingerprint density at radius 3 is 3.09 bits per heavy atom. The number of H-pyrrole nitrogens is 1. The summed E-state index contributed by atoms with van der Waals surface area (Å²) < 4.78 is 0. The Hall–Kier alpha value is -1.50. The Bertz CT molecular complexity index is 785. The summed E-state index contributed by atoms with van der Waals surface area (Å²) in [7, 11) is 1.82. The second-order valence-corrected chi connectivity index (χ2v) is 7.25. The number of nitrogens with zero attached hydrogens (tertiary/aromatic N) is 2. The van der Waals surface area contributed by atoms with Gasteiger partial charge in [0.25, 0.3) is 0 Å². The highest BCUT2D eigenvalue weighted by Crippen LogP contribution is 2.22. The SMILES string of the molecule is CN(Cc1cccs1)C(=O)CSc1nc2ccc(Cl)cc2[nH]1. The first-order valence-electron chi connectivity index (χ1n) is 6.66. The van der Waals surface area contributed by atoms with Gasteiger partial charge in [-0.2, -0.15) is 0 Å². The molecule has 0 aliphatic carbocycles. The van der Waals surface area contributed by atoms with Gasteiger partial charge in [0, 0.05) is 16.9 Å². The number of nitrogens with one attached hydrogen (secondary N) is 1. The fraction of sp³-hybridized carbons (Fsp3) is 0.200. The van der Waals surface area contributed by atoms with Crippen LogP contribution in [0.1, 0.15) is 4.88 Å². The molecule has 114 valence electrons. The lowest BCUT2D eigenvalue weighted by Gasteiger charge is -2.15. The molecule has 0 saturated heterocycles. The zero-order valence-electron chi connectivity index (χ0n) is 11.9. The van der Waals surface area contributed by atoms with Crippen molar-refractivity contribution >= 4 is 51.6 Å². The molecule has 1 aromatic carbocycles. The number of aromatic amines is 1. The van der Waals surface area contributed by atoms with Crippen molar-refractivity contribution in [1.29, 1.82) is 0 Å². The molecule has 22 heavy (non-hydrogen) atoms. The maximum absolute atomic E-state index is 12.2. The number of hydrogen-bond donors (Lipinski definition) is 1. The minimum Gasteiger partial charge on any atom is -0.340 e. The molecule has 0 saturated carbocycles. The molecule has 3 rings (SSSR count). The topological polar surface area (TPSA) is 49.0 Å². The molecule has 0 unspecified atom stereocenters. The van der Waals surface area contributed by atoms with Crippen LogP contribution in [-0.4, -0.2) is 33.6 Å². The van der Waals surface area contributed by atoms with E-state index in [2.05, 4.69) is 9.97 Å². The summed E-state index contributed by atoms with van der Waals surface area (Å²) in [5, 5.41) is 3.41. The number of benzene rings is 1. The summed E-state index contributed by atoms with van der Waals surface area (Å²) in [4.78, 5) is 22.7. The molecule has 4 nitrogen and oxygen atoms in total. The van der Waals surface area contributed by atoms with E-state index in [1.54, 1.807) is 22.3 Å². The molecule has 2 heterocycles. The number of amides is 1. The van der Waals surface area contributed by atoms with Gasteiger partial charge in [0.05, 0.1) is 23.3 Å². The highest BCUT2D eigenvalue weighted by Gasteiger charge is 2.12. The molecule has 0 atom stereocenters. The zero-order chi connectivity index (χ0) is 15.5. The van der Waals surface area contributed by atoms with Crippen LogP contribution in [0.5, 0.6) is 0 Å². The Morgan fingerprint density at radius 1 is 1.45 bits per heavy atom. The van der Waals surface area contributed by atoms with Gasteiger partial charge in [-0.15, -0.1) is 11.3 Å². The molecule has 0 radical (unpaired) electrons. The Balaban J connectivity index is 1.59. The molecule has 0 aliphatic heterocycles. The second-order valence-electron chi connectivity index (χ2n) is 4.82. The molecule has 0 fully saturated rings. The van der Waals surface area contributed by atoms with Gasteiger partial charge in [-0.3, -0.25) is 4.79 Å². The van der Waals surface area contributed by atoms with E-state index in [1.807, 2.05) is 36.7 Å². The standard InChI is InChI=1S/C15H14ClN3OS2/c1-19(8-11-3-2-6-21-11)14(20)9-22-15-17-12-5-4-10(16)7-13(12)18-15/h2-7H,8-9H2,1H3,(H,17,18). The van der Waals surface area contributed by atoms with Gasteiger partial charge >= 0.3 is 0 Å². The smallest absolute Gasteiger partial charge is 0.233 e. The number of imidazole rings is 1. The summed E-state index contributed by atoms with van der Waals surface area (Å²) >= 11 is 9.01. The predicted molar refractivity (Wildman–Crippen MR) is 92.6 cm³/mol. The monoisotopic (exact) mass is 351 g/mol. The maximum atomic E-state index is 12.2. The minimum absolute atomic E-state index is 0.0805. The first-order valence-corrected chi connectivity index (χ1v) is 8.90. The lowest BCUT2D eigenvalue weighted by atomic mass is 10.3. The van der Waals surface area contributed by atoms with Crippen LogP contribution in [0.25, 0.3) is 11.0 Å². The van der Waals surface area contributed by atoms with Crippen LogP contribution in [0.15, 0.2) is 40.9 Å². The first-order chi connectivity index (χ1) is 10.6. The molecule has 3 aromatic rings. The average molecular weight is 352 g/mol. The molecular formula is C15H14ClN3OS2. The van der Waals surface area contributed by atoms with Crippen molar-refractivity contribution in [2.75, 3.05) is 12.8 Å².